The van der Waals surface area contributed by atoms with E-state index in [2.05, 4.69) is 34.6 Å². The second-order valence-electron chi connectivity index (χ2n) is 19.9. The normalized spacial score (nSPS) is 52.5. The number of aliphatic hydroxyl groups is 3. The molecule has 3 aliphatic heterocycles. The van der Waals surface area contributed by atoms with E-state index in [1.807, 2.05) is 11.8 Å². The number of carbonyl (C=O) groups is 1. The number of morpholine rings is 1. The van der Waals surface area contributed by atoms with E-state index in [-0.39, 0.29) is 57.0 Å². The molecule has 3 saturated heterocycles. The molecule has 9 nitrogen and oxygen atoms in total. The molecule has 0 radical (unpaired) electrons. The Morgan fingerprint density at radius 1 is 1.00 bits per heavy atom. The van der Waals surface area contributed by atoms with Crippen molar-refractivity contribution in [2.75, 3.05) is 32.9 Å². The number of rotatable bonds is 5. The van der Waals surface area contributed by atoms with E-state index in [1.165, 1.54) is 12.8 Å². The van der Waals surface area contributed by atoms with Gasteiger partial charge in [0, 0.05) is 12.0 Å². The molecule has 3 heterocycles. The van der Waals surface area contributed by atoms with Crippen LogP contribution in [0.4, 0.5) is 0 Å². The second kappa shape index (κ2) is 10.6. The number of nitrogens with zero attached hydrogens (tertiary/aromatic N) is 1. The fourth-order valence-corrected chi connectivity index (χ4v) is 14.2. The van der Waals surface area contributed by atoms with Gasteiger partial charge in [-0.1, -0.05) is 34.6 Å². The summed E-state index contributed by atoms with van der Waals surface area (Å²) in [7, 11) is 0. The van der Waals surface area contributed by atoms with Crippen molar-refractivity contribution in [3.05, 3.63) is 0 Å². The standard InChI is InChI=1S/C39H63NO8/c1-22-17-23(30(41)34(4,5)44)47-29-28(22)36(7)13-14-39-19-38(39)12-11-26(33(2,3)24(38)9-10-25(39)37(36,8)31(29)42)48-27-18-40(15-16-46-27)32(43)35(6)20-45-21-35/h22-31,41-42,44H,9-21H2,1-8H3/t22-,23-,24+,25+,26+,27+,28+,29+,30+,31+,36-,37-,38-,39+/m1/s1. The molecule has 272 valence electrons. The van der Waals surface area contributed by atoms with E-state index >= 15 is 0 Å². The van der Waals surface area contributed by atoms with Crippen molar-refractivity contribution in [2.24, 2.45) is 56.2 Å². The van der Waals surface area contributed by atoms with E-state index in [4.69, 9.17) is 18.9 Å². The van der Waals surface area contributed by atoms with Crippen molar-refractivity contribution >= 4 is 5.91 Å². The third-order valence-electron chi connectivity index (χ3n) is 16.8. The molecule has 0 unspecified atom stereocenters. The molecule has 14 atom stereocenters. The Labute approximate surface area is 287 Å². The lowest BCUT2D eigenvalue weighted by Gasteiger charge is -2.64. The first-order valence-corrected chi connectivity index (χ1v) is 19.2. The molecule has 0 aromatic rings. The first-order chi connectivity index (χ1) is 22.4. The summed E-state index contributed by atoms with van der Waals surface area (Å²) in [5, 5.41) is 34.1. The van der Waals surface area contributed by atoms with Crippen LogP contribution >= 0.6 is 0 Å². The molecule has 0 aromatic heterocycles. The molecule has 8 rings (SSSR count). The van der Waals surface area contributed by atoms with Crippen LogP contribution in [0, 0.1) is 56.2 Å². The van der Waals surface area contributed by atoms with Gasteiger partial charge >= 0.3 is 0 Å². The number of ether oxygens (including phenoxy) is 4. The van der Waals surface area contributed by atoms with Crippen molar-refractivity contribution in [3.8, 4) is 0 Å². The van der Waals surface area contributed by atoms with Gasteiger partial charge in [0.25, 0.3) is 0 Å². The van der Waals surface area contributed by atoms with Crippen LogP contribution in [0.1, 0.15) is 107 Å². The average molecular weight is 674 g/mol. The molecule has 8 fully saturated rings. The fraction of sp³-hybridized carbons (Fsp3) is 0.974. The lowest BCUT2D eigenvalue weighted by Crippen LogP contribution is -2.61. The summed E-state index contributed by atoms with van der Waals surface area (Å²) >= 11 is 0. The first kappa shape index (κ1) is 34.3. The summed E-state index contributed by atoms with van der Waals surface area (Å²) in [4.78, 5) is 15.2. The molecule has 5 saturated carbocycles. The predicted molar refractivity (Wildman–Crippen MR) is 179 cm³/mol. The minimum absolute atomic E-state index is 0.0296. The molecule has 48 heavy (non-hydrogen) atoms. The highest BCUT2D eigenvalue weighted by molar-refractivity contribution is 5.83. The zero-order valence-corrected chi connectivity index (χ0v) is 30.8. The predicted octanol–water partition coefficient (Wildman–Crippen LogP) is 4.54. The Kier molecular flexibility index (Phi) is 7.59. The van der Waals surface area contributed by atoms with Crippen LogP contribution < -0.4 is 0 Å². The minimum Gasteiger partial charge on any atom is -0.390 e. The third-order valence-corrected chi connectivity index (χ3v) is 16.8. The van der Waals surface area contributed by atoms with Crippen LogP contribution in [0.5, 0.6) is 0 Å². The first-order valence-electron chi connectivity index (χ1n) is 19.2. The summed E-state index contributed by atoms with van der Waals surface area (Å²) in [5.41, 5.74) is -1.52. The van der Waals surface area contributed by atoms with Crippen molar-refractivity contribution in [2.45, 2.75) is 149 Å². The van der Waals surface area contributed by atoms with Gasteiger partial charge in [0.15, 0.2) is 6.29 Å². The summed E-state index contributed by atoms with van der Waals surface area (Å²) in [6.07, 6.45) is 5.93. The maximum absolute atomic E-state index is 13.3. The monoisotopic (exact) mass is 673 g/mol. The zero-order valence-electron chi connectivity index (χ0n) is 30.8. The van der Waals surface area contributed by atoms with Gasteiger partial charge in [-0.15, -0.1) is 0 Å². The smallest absolute Gasteiger partial charge is 0.233 e. The van der Waals surface area contributed by atoms with Gasteiger partial charge in [0.05, 0.1) is 61.8 Å². The minimum atomic E-state index is -1.26. The highest BCUT2D eigenvalue weighted by Gasteiger charge is 2.84. The fourth-order valence-electron chi connectivity index (χ4n) is 14.2. The molecule has 2 spiro atoms. The van der Waals surface area contributed by atoms with Gasteiger partial charge in [-0.05, 0) is 117 Å². The molecular formula is C39H63NO8. The van der Waals surface area contributed by atoms with Crippen LogP contribution in [0.25, 0.3) is 0 Å². The van der Waals surface area contributed by atoms with Crippen LogP contribution in [-0.4, -0.2) is 101 Å². The topological polar surface area (TPSA) is 118 Å². The lowest BCUT2D eigenvalue weighted by molar-refractivity contribution is -0.250. The van der Waals surface area contributed by atoms with E-state index in [9.17, 15) is 20.1 Å². The Morgan fingerprint density at radius 3 is 2.35 bits per heavy atom. The number of fused-ring (bicyclic) bond motifs is 4. The molecule has 1 amide bonds. The SMILES string of the molecule is C[C@@H]1C[C@H]([C@H](O)C(C)(C)O)O[C@H]2[C@H]1[C@@]1(C)CC[C@@]34C[C@@]35CC[C@H](O[C@H]3CN(C(=O)C6(C)COC6)CCO3)C(C)(C)[C@@H]5CC[C@H]4[C@]1(C)[C@H]2O. The van der Waals surface area contributed by atoms with Gasteiger partial charge in [0.2, 0.25) is 5.91 Å². The van der Waals surface area contributed by atoms with Gasteiger partial charge in [-0.3, -0.25) is 4.79 Å². The quantitative estimate of drug-likeness (QED) is 0.390. The van der Waals surface area contributed by atoms with Gasteiger partial charge in [0.1, 0.15) is 6.10 Å². The summed E-state index contributed by atoms with van der Waals surface area (Å²) in [6, 6.07) is 0. The maximum Gasteiger partial charge on any atom is 0.233 e. The highest BCUT2D eigenvalue weighted by Crippen LogP contribution is 2.89. The zero-order chi connectivity index (χ0) is 34.4. The molecule has 8 aliphatic rings. The van der Waals surface area contributed by atoms with Gasteiger partial charge < -0.3 is 39.2 Å². The number of hydrogen-bond acceptors (Lipinski definition) is 8. The number of amides is 1. The lowest BCUT2D eigenvalue weighted by atomic mass is 9.41. The van der Waals surface area contributed by atoms with Crippen molar-refractivity contribution in [1.29, 1.82) is 0 Å². The number of carbonyl (C=O) groups excluding carboxylic acids is 1. The summed E-state index contributed by atoms with van der Waals surface area (Å²) in [5.74, 6) is 1.65. The van der Waals surface area contributed by atoms with E-state index in [0.29, 0.717) is 51.2 Å². The van der Waals surface area contributed by atoms with Crippen LogP contribution in [-0.2, 0) is 23.7 Å². The van der Waals surface area contributed by atoms with Crippen LogP contribution in [0.3, 0.4) is 0 Å². The van der Waals surface area contributed by atoms with Crippen LogP contribution in [0.2, 0.25) is 0 Å². The second-order valence-corrected chi connectivity index (χ2v) is 19.9. The van der Waals surface area contributed by atoms with E-state index in [1.54, 1.807) is 13.8 Å². The Morgan fingerprint density at radius 2 is 1.69 bits per heavy atom. The van der Waals surface area contributed by atoms with E-state index < -0.39 is 35.6 Å². The highest BCUT2D eigenvalue weighted by atomic mass is 16.7. The van der Waals surface area contributed by atoms with Gasteiger partial charge in [-0.2, -0.15) is 0 Å². The van der Waals surface area contributed by atoms with Gasteiger partial charge in [-0.25, -0.2) is 0 Å². The molecule has 0 bridgehead atoms. The maximum atomic E-state index is 13.3. The third kappa shape index (κ3) is 4.30. The Balaban J connectivity index is 1.01. The Bertz CT molecular complexity index is 1310. The van der Waals surface area contributed by atoms with Crippen molar-refractivity contribution < 1.29 is 39.1 Å². The molecule has 5 aliphatic carbocycles. The summed E-state index contributed by atoms with van der Waals surface area (Å²) < 4.78 is 25.0. The molecule has 3 N–H and O–H groups in total. The van der Waals surface area contributed by atoms with Crippen molar-refractivity contribution in [1.82, 2.24) is 4.90 Å². The number of aliphatic hydroxyl groups excluding tert-OH is 2. The molecular weight excluding hydrogens is 610 g/mol. The molecule has 9 heteroatoms. The number of hydrogen-bond donors (Lipinski definition) is 3. The van der Waals surface area contributed by atoms with Crippen molar-refractivity contribution in [3.63, 3.8) is 0 Å². The molecule has 0 aromatic carbocycles. The summed E-state index contributed by atoms with van der Waals surface area (Å²) in [6.45, 7) is 19.8. The van der Waals surface area contributed by atoms with E-state index in [0.717, 1.165) is 32.1 Å². The largest absolute Gasteiger partial charge is 0.390 e. The average Bonchev–Trinajstić information content (AvgIpc) is 3.65. The Hall–Kier alpha value is -0.810. The van der Waals surface area contributed by atoms with Crippen LogP contribution in [0.15, 0.2) is 0 Å².